The third-order valence-corrected chi connectivity index (χ3v) is 3.50. The van der Waals surface area contributed by atoms with Gasteiger partial charge in [-0.2, -0.15) is 0 Å². The highest BCUT2D eigenvalue weighted by Crippen LogP contribution is 2.17. The molecule has 0 heterocycles. The third kappa shape index (κ3) is 6.62. The number of rotatable bonds is 10. The van der Waals surface area contributed by atoms with Gasteiger partial charge in [0.2, 0.25) is 0 Å². The van der Waals surface area contributed by atoms with E-state index in [-0.39, 0.29) is 5.78 Å². The van der Waals surface area contributed by atoms with Gasteiger partial charge in [-0.15, -0.1) is 0 Å². The maximum Gasteiger partial charge on any atom is 0.195 e. The number of benzene rings is 1. The fourth-order valence-corrected chi connectivity index (χ4v) is 2.17. The number of hydrogen-bond donors (Lipinski definition) is 0. The van der Waals surface area contributed by atoms with E-state index >= 15 is 0 Å². The van der Waals surface area contributed by atoms with Gasteiger partial charge in [0, 0.05) is 5.56 Å². The molecule has 0 aliphatic rings. The number of alkyl halides is 2. The number of carbonyl (C=O) groups excluding carboxylic acids is 1. The van der Waals surface area contributed by atoms with E-state index in [0.29, 0.717) is 12.2 Å². The van der Waals surface area contributed by atoms with Crippen LogP contribution in [0.2, 0.25) is 0 Å². The van der Waals surface area contributed by atoms with Crippen molar-refractivity contribution < 1.29 is 9.53 Å². The number of unbranched alkanes of at least 4 members (excludes halogenated alkanes) is 5. The molecule has 1 aromatic rings. The Morgan fingerprint density at radius 2 is 1.65 bits per heavy atom. The average molecular weight is 317 g/mol. The molecule has 0 unspecified atom stereocenters. The molecule has 0 saturated heterocycles. The minimum absolute atomic E-state index is 0.282. The lowest BCUT2D eigenvalue weighted by molar-refractivity contribution is 0.101. The molecule has 0 bridgehead atoms. The summed E-state index contributed by atoms with van der Waals surface area (Å²) in [4.78, 5) is 10.5. The molecule has 4 heteroatoms. The molecule has 2 nitrogen and oxygen atoms in total. The van der Waals surface area contributed by atoms with Crippen molar-refractivity contribution in [3.63, 3.8) is 0 Å². The van der Waals surface area contributed by atoms with Gasteiger partial charge in [-0.3, -0.25) is 4.79 Å². The van der Waals surface area contributed by atoms with Crippen LogP contribution < -0.4 is 4.74 Å². The predicted octanol–water partition coefficient (Wildman–Crippen LogP) is 5.41. The first-order chi connectivity index (χ1) is 9.65. The third-order valence-electron chi connectivity index (χ3n) is 3.10. The molecule has 1 aromatic carbocycles. The first-order valence-electron chi connectivity index (χ1n) is 7.20. The molecule has 20 heavy (non-hydrogen) atoms. The molecule has 0 atom stereocenters. The van der Waals surface area contributed by atoms with Gasteiger partial charge in [0.25, 0.3) is 0 Å². The topological polar surface area (TPSA) is 26.3 Å². The summed E-state index contributed by atoms with van der Waals surface area (Å²) in [6.45, 7) is 2.93. The van der Waals surface area contributed by atoms with E-state index < -0.39 is 4.84 Å². The molecule has 0 amide bonds. The Hall–Kier alpha value is -0.730. The van der Waals surface area contributed by atoms with Crippen molar-refractivity contribution in [1.82, 2.24) is 0 Å². The standard InChI is InChI=1S/C16H22Cl2O2/c1-2-3-4-5-6-7-12-20-14-10-8-13(9-11-14)15(19)16(17)18/h8-11,16H,2-7,12H2,1H3. The molecule has 0 aliphatic heterocycles. The van der Waals surface area contributed by atoms with Gasteiger partial charge >= 0.3 is 0 Å². The highest BCUT2D eigenvalue weighted by molar-refractivity contribution is 6.55. The van der Waals surface area contributed by atoms with E-state index in [4.69, 9.17) is 27.9 Å². The molecule has 0 radical (unpaired) electrons. The fraction of sp³-hybridized carbons (Fsp3) is 0.562. The number of Topliss-reactive ketones (excluding diaryl/α,β-unsaturated/α-hetero) is 1. The summed E-state index contributed by atoms with van der Waals surface area (Å²) in [6.07, 6.45) is 7.45. The molecule has 1 rings (SSSR count). The zero-order chi connectivity index (χ0) is 14.8. The van der Waals surface area contributed by atoms with Crippen LogP contribution in [0, 0.1) is 0 Å². The van der Waals surface area contributed by atoms with Crippen molar-refractivity contribution in [3.05, 3.63) is 29.8 Å². The number of ether oxygens (including phenoxy) is 1. The van der Waals surface area contributed by atoms with Crippen molar-refractivity contribution in [2.24, 2.45) is 0 Å². The molecule has 112 valence electrons. The van der Waals surface area contributed by atoms with Crippen LogP contribution >= 0.6 is 23.2 Å². The van der Waals surface area contributed by atoms with Gasteiger partial charge in [0.15, 0.2) is 10.6 Å². The molecule has 0 saturated carbocycles. The van der Waals surface area contributed by atoms with Crippen LogP contribution in [0.3, 0.4) is 0 Å². The van der Waals surface area contributed by atoms with Crippen LogP contribution in [0.25, 0.3) is 0 Å². The molecule has 0 spiro atoms. The summed E-state index contributed by atoms with van der Waals surface area (Å²) < 4.78 is 5.63. The zero-order valence-corrected chi connectivity index (χ0v) is 13.4. The summed E-state index contributed by atoms with van der Waals surface area (Å²) in [5.74, 6) is 0.492. The van der Waals surface area contributed by atoms with Crippen LogP contribution in [0.5, 0.6) is 5.75 Å². The largest absolute Gasteiger partial charge is 0.494 e. The highest BCUT2D eigenvalue weighted by atomic mass is 35.5. The van der Waals surface area contributed by atoms with Gasteiger partial charge in [-0.05, 0) is 30.7 Å². The number of carbonyl (C=O) groups is 1. The SMILES string of the molecule is CCCCCCCCOc1ccc(C(=O)C(Cl)Cl)cc1. The number of halogens is 2. The smallest absolute Gasteiger partial charge is 0.195 e. The first-order valence-corrected chi connectivity index (χ1v) is 8.07. The predicted molar refractivity (Wildman–Crippen MR) is 85.1 cm³/mol. The van der Waals surface area contributed by atoms with Crippen LogP contribution in [0.4, 0.5) is 0 Å². The van der Waals surface area contributed by atoms with E-state index in [1.165, 1.54) is 32.1 Å². The lowest BCUT2D eigenvalue weighted by Crippen LogP contribution is -2.07. The van der Waals surface area contributed by atoms with Gasteiger partial charge < -0.3 is 4.74 Å². The van der Waals surface area contributed by atoms with Crippen molar-refractivity contribution in [2.45, 2.75) is 50.3 Å². The van der Waals surface area contributed by atoms with Crippen molar-refractivity contribution in [3.8, 4) is 5.75 Å². The fourth-order valence-electron chi connectivity index (χ4n) is 1.91. The second-order valence-electron chi connectivity index (χ2n) is 4.81. The Labute approximate surface area is 131 Å². The monoisotopic (exact) mass is 316 g/mol. The van der Waals surface area contributed by atoms with Crippen LogP contribution in [0.1, 0.15) is 55.8 Å². The summed E-state index contributed by atoms with van der Waals surface area (Å²) in [7, 11) is 0. The summed E-state index contributed by atoms with van der Waals surface area (Å²) in [5.41, 5.74) is 0.506. The summed E-state index contributed by atoms with van der Waals surface area (Å²) >= 11 is 11.1. The zero-order valence-electron chi connectivity index (χ0n) is 11.9. The summed E-state index contributed by atoms with van der Waals surface area (Å²) in [5, 5.41) is 0. The van der Waals surface area contributed by atoms with Crippen molar-refractivity contribution in [1.29, 1.82) is 0 Å². The maximum absolute atomic E-state index is 11.5. The quantitative estimate of drug-likeness (QED) is 0.327. The Bertz CT molecular complexity index is 388. The molecule has 0 fully saturated rings. The van der Waals surface area contributed by atoms with Crippen molar-refractivity contribution in [2.75, 3.05) is 6.61 Å². The number of ketones is 1. The molecular weight excluding hydrogens is 295 g/mol. The van der Waals surface area contributed by atoms with Gasteiger partial charge in [0.05, 0.1) is 6.61 Å². The molecule has 0 N–H and O–H groups in total. The molecule has 0 aliphatic carbocycles. The van der Waals surface area contributed by atoms with Gasteiger partial charge in [-0.25, -0.2) is 0 Å². The van der Waals surface area contributed by atoms with Crippen molar-refractivity contribution >= 4 is 29.0 Å². The van der Waals surface area contributed by atoms with Gasteiger partial charge in [-0.1, -0.05) is 62.2 Å². The van der Waals surface area contributed by atoms with Crippen LogP contribution in [-0.2, 0) is 0 Å². The summed E-state index contributed by atoms with van der Waals surface area (Å²) in [6, 6.07) is 6.94. The Morgan fingerprint density at radius 3 is 2.25 bits per heavy atom. The minimum atomic E-state index is -1.01. The van der Waals surface area contributed by atoms with E-state index in [2.05, 4.69) is 6.92 Å². The maximum atomic E-state index is 11.5. The van der Waals surface area contributed by atoms with Crippen LogP contribution in [0.15, 0.2) is 24.3 Å². The van der Waals surface area contributed by atoms with E-state index in [0.717, 1.165) is 12.2 Å². The Morgan fingerprint density at radius 1 is 1.05 bits per heavy atom. The number of hydrogen-bond acceptors (Lipinski definition) is 2. The average Bonchev–Trinajstić information content (AvgIpc) is 2.46. The normalized spacial score (nSPS) is 10.8. The molecular formula is C16H22Cl2O2. The molecule has 0 aromatic heterocycles. The second kappa shape index (κ2) is 10.1. The lowest BCUT2D eigenvalue weighted by Gasteiger charge is -2.07. The first kappa shape index (κ1) is 17.3. The van der Waals surface area contributed by atoms with E-state index in [9.17, 15) is 4.79 Å². The highest BCUT2D eigenvalue weighted by Gasteiger charge is 2.13. The van der Waals surface area contributed by atoms with E-state index in [1.54, 1.807) is 24.3 Å². The Balaban J connectivity index is 2.23. The second-order valence-corrected chi connectivity index (χ2v) is 5.90. The van der Waals surface area contributed by atoms with E-state index in [1.807, 2.05) is 0 Å². The Kier molecular flexibility index (Phi) is 8.72. The minimum Gasteiger partial charge on any atom is -0.494 e. The van der Waals surface area contributed by atoms with Crippen LogP contribution in [-0.4, -0.2) is 17.2 Å². The lowest BCUT2D eigenvalue weighted by atomic mass is 10.1. The van der Waals surface area contributed by atoms with Gasteiger partial charge in [0.1, 0.15) is 5.75 Å².